The number of H-pyrrole nitrogens is 1. The molecule has 1 aromatic heterocycles. The maximum absolute atomic E-state index is 12.2. The molecule has 0 aliphatic carbocycles. The lowest BCUT2D eigenvalue weighted by atomic mass is 10.2. The summed E-state index contributed by atoms with van der Waals surface area (Å²) >= 11 is 0. The monoisotopic (exact) mass is 373 g/mol. The Labute approximate surface area is 151 Å². The van der Waals surface area contributed by atoms with Crippen molar-refractivity contribution in [1.29, 1.82) is 0 Å². The molecule has 0 saturated carbocycles. The smallest absolute Gasteiger partial charge is 0.258 e. The zero-order chi connectivity index (χ0) is 18.7. The first-order chi connectivity index (χ1) is 12.4. The second-order valence-electron chi connectivity index (χ2n) is 5.91. The number of sulfonamides is 1. The Morgan fingerprint density at radius 2 is 1.77 bits per heavy atom. The van der Waals surface area contributed by atoms with Gasteiger partial charge >= 0.3 is 0 Å². The fourth-order valence-electron chi connectivity index (χ4n) is 2.60. The first-order valence-electron chi connectivity index (χ1n) is 7.93. The number of nitrogens with zero attached hydrogens (tertiary/aromatic N) is 2. The van der Waals surface area contributed by atoms with Gasteiger partial charge in [-0.25, -0.2) is 13.4 Å². The number of hydrogen-bond donors (Lipinski definition) is 1. The van der Waals surface area contributed by atoms with E-state index in [-0.39, 0.29) is 18.6 Å². The Morgan fingerprint density at radius 3 is 2.42 bits per heavy atom. The van der Waals surface area contributed by atoms with Crippen molar-refractivity contribution in [3.8, 4) is 5.75 Å². The van der Waals surface area contributed by atoms with Gasteiger partial charge in [-0.3, -0.25) is 4.79 Å². The van der Waals surface area contributed by atoms with Crippen molar-refractivity contribution in [2.45, 2.75) is 13.1 Å². The molecule has 7 nitrogen and oxygen atoms in total. The Balaban J connectivity index is 1.90. The van der Waals surface area contributed by atoms with Gasteiger partial charge < -0.3 is 9.72 Å². The van der Waals surface area contributed by atoms with E-state index in [1.807, 2.05) is 0 Å². The van der Waals surface area contributed by atoms with Gasteiger partial charge in [0.25, 0.3) is 5.56 Å². The molecule has 2 aromatic carbocycles. The van der Waals surface area contributed by atoms with Crippen LogP contribution in [0.25, 0.3) is 10.9 Å². The van der Waals surface area contributed by atoms with Crippen molar-refractivity contribution in [2.75, 3.05) is 13.4 Å². The van der Waals surface area contributed by atoms with Gasteiger partial charge in [-0.15, -0.1) is 0 Å². The molecule has 0 aliphatic rings. The van der Waals surface area contributed by atoms with Crippen molar-refractivity contribution < 1.29 is 13.2 Å². The first kappa shape index (κ1) is 18.1. The molecule has 0 aliphatic heterocycles. The highest BCUT2D eigenvalue weighted by molar-refractivity contribution is 7.88. The number of aromatic nitrogens is 2. The minimum atomic E-state index is -3.50. The van der Waals surface area contributed by atoms with Crippen LogP contribution in [0.15, 0.2) is 53.3 Å². The minimum absolute atomic E-state index is 0.0229. The number of nitrogens with one attached hydrogen (secondary N) is 1. The van der Waals surface area contributed by atoms with E-state index in [9.17, 15) is 13.2 Å². The number of ether oxygens (including phenoxy) is 1. The predicted octanol–water partition coefficient (Wildman–Crippen LogP) is 1.89. The first-order valence-corrected chi connectivity index (χ1v) is 9.77. The molecule has 1 heterocycles. The van der Waals surface area contributed by atoms with Gasteiger partial charge in [0.05, 0.1) is 30.8 Å². The van der Waals surface area contributed by atoms with Crippen LogP contribution in [-0.2, 0) is 23.1 Å². The molecular formula is C18H19N3O4S. The summed E-state index contributed by atoms with van der Waals surface area (Å²) in [4.78, 5) is 19.2. The number of benzene rings is 2. The number of fused-ring (bicyclic) bond motifs is 1. The summed E-state index contributed by atoms with van der Waals surface area (Å²) < 4.78 is 30.8. The van der Waals surface area contributed by atoms with Crippen molar-refractivity contribution in [3.05, 3.63) is 70.3 Å². The molecule has 136 valence electrons. The molecule has 0 atom stereocenters. The lowest BCUT2D eigenvalue weighted by molar-refractivity contribution is 0.394. The zero-order valence-electron chi connectivity index (χ0n) is 14.5. The topological polar surface area (TPSA) is 92.4 Å². The third-order valence-electron chi connectivity index (χ3n) is 3.98. The zero-order valence-corrected chi connectivity index (χ0v) is 15.3. The van der Waals surface area contributed by atoms with Gasteiger partial charge in [0, 0.05) is 6.54 Å². The highest BCUT2D eigenvalue weighted by Crippen LogP contribution is 2.16. The van der Waals surface area contributed by atoms with Crippen LogP contribution in [0.5, 0.6) is 5.75 Å². The molecule has 0 unspecified atom stereocenters. The summed E-state index contributed by atoms with van der Waals surface area (Å²) in [7, 11) is -1.93. The van der Waals surface area contributed by atoms with E-state index in [0.29, 0.717) is 22.5 Å². The number of hydrogen-bond acceptors (Lipinski definition) is 5. The number of para-hydroxylation sites is 1. The predicted molar refractivity (Wildman–Crippen MR) is 99.4 cm³/mol. The van der Waals surface area contributed by atoms with Crippen molar-refractivity contribution in [1.82, 2.24) is 14.3 Å². The Kier molecular flexibility index (Phi) is 5.06. The largest absolute Gasteiger partial charge is 0.497 e. The van der Waals surface area contributed by atoms with Crippen LogP contribution in [-0.4, -0.2) is 36.1 Å². The van der Waals surface area contributed by atoms with Crippen LogP contribution < -0.4 is 10.3 Å². The van der Waals surface area contributed by atoms with Crippen LogP contribution in [0.2, 0.25) is 0 Å². The van der Waals surface area contributed by atoms with Gasteiger partial charge in [0.15, 0.2) is 0 Å². The fourth-order valence-corrected chi connectivity index (χ4v) is 3.34. The lowest BCUT2D eigenvalue weighted by Gasteiger charge is -2.19. The van der Waals surface area contributed by atoms with Crippen LogP contribution in [0.1, 0.15) is 11.4 Å². The Morgan fingerprint density at radius 1 is 1.08 bits per heavy atom. The van der Waals surface area contributed by atoms with E-state index in [1.165, 1.54) is 4.31 Å². The molecule has 8 heteroatoms. The maximum Gasteiger partial charge on any atom is 0.258 e. The average Bonchev–Trinajstić information content (AvgIpc) is 2.61. The molecule has 1 N–H and O–H groups in total. The lowest BCUT2D eigenvalue weighted by Crippen LogP contribution is -2.30. The summed E-state index contributed by atoms with van der Waals surface area (Å²) in [5.41, 5.74) is 1.05. The number of aromatic amines is 1. The molecule has 0 spiro atoms. The number of methoxy groups -OCH3 is 1. The summed E-state index contributed by atoms with van der Waals surface area (Å²) in [5.74, 6) is 0.993. The van der Waals surface area contributed by atoms with E-state index in [1.54, 1.807) is 55.6 Å². The van der Waals surface area contributed by atoms with E-state index in [0.717, 1.165) is 11.8 Å². The van der Waals surface area contributed by atoms with Gasteiger partial charge in [0.1, 0.15) is 11.6 Å². The molecular weight excluding hydrogens is 354 g/mol. The third kappa shape index (κ3) is 4.09. The molecule has 3 aromatic rings. The van der Waals surface area contributed by atoms with Crippen molar-refractivity contribution in [2.24, 2.45) is 0 Å². The maximum atomic E-state index is 12.2. The van der Waals surface area contributed by atoms with Crippen LogP contribution >= 0.6 is 0 Å². The van der Waals surface area contributed by atoms with Gasteiger partial charge in [-0.2, -0.15) is 4.31 Å². The molecule has 26 heavy (non-hydrogen) atoms. The van der Waals surface area contributed by atoms with Crippen LogP contribution in [0.3, 0.4) is 0 Å². The molecule has 0 fully saturated rings. The summed E-state index contributed by atoms with van der Waals surface area (Å²) in [6.45, 7) is 0.143. The average molecular weight is 373 g/mol. The molecule has 0 radical (unpaired) electrons. The highest BCUT2D eigenvalue weighted by Gasteiger charge is 2.19. The fraction of sp³-hybridized carbons (Fsp3) is 0.222. The van der Waals surface area contributed by atoms with Gasteiger partial charge in [0.2, 0.25) is 10.0 Å². The summed E-state index contributed by atoms with van der Waals surface area (Å²) in [5, 5.41) is 0.470. The van der Waals surface area contributed by atoms with E-state index >= 15 is 0 Å². The minimum Gasteiger partial charge on any atom is -0.497 e. The van der Waals surface area contributed by atoms with E-state index in [4.69, 9.17) is 4.74 Å². The van der Waals surface area contributed by atoms with Gasteiger partial charge in [-0.05, 0) is 29.8 Å². The third-order valence-corrected chi connectivity index (χ3v) is 5.17. The number of rotatable bonds is 6. The molecule has 0 saturated heterocycles. The highest BCUT2D eigenvalue weighted by atomic mass is 32.2. The van der Waals surface area contributed by atoms with Crippen LogP contribution in [0, 0.1) is 0 Å². The normalized spacial score (nSPS) is 11.8. The van der Waals surface area contributed by atoms with E-state index in [2.05, 4.69) is 9.97 Å². The second kappa shape index (κ2) is 7.27. The Bertz CT molecular complexity index is 1080. The Hall–Kier alpha value is -2.71. The summed E-state index contributed by atoms with van der Waals surface area (Å²) in [6, 6.07) is 14.1. The van der Waals surface area contributed by atoms with Crippen molar-refractivity contribution in [3.63, 3.8) is 0 Å². The SMILES string of the molecule is COc1ccc(CN(Cc2nc3ccccc3c(=O)[nH]2)S(C)(=O)=O)cc1. The molecule has 0 amide bonds. The molecule has 3 rings (SSSR count). The molecule has 0 bridgehead atoms. The summed E-state index contributed by atoms with van der Waals surface area (Å²) in [6.07, 6.45) is 1.13. The van der Waals surface area contributed by atoms with E-state index < -0.39 is 10.0 Å². The van der Waals surface area contributed by atoms with Crippen molar-refractivity contribution >= 4 is 20.9 Å². The quantitative estimate of drug-likeness (QED) is 0.712. The van der Waals surface area contributed by atoms with Gasteiger partial charge in [-0.1, -0.05) is 24.3 Å². The van der Waals surface area contributed by atoms with Crippen LogP contribution in [0.4, 0.5) is 0 Å². The standard InChI is InChI=1S/C18H19N3O4S/c1-25-14-9-7-13(8-10-14)11-21(26(2,23)24)12-17-19-16-6-4-3-5-15(16)18(22)20-17/h3-10H,11-12H2,1-2H3,(H,19,20,22). The second-order valence-corrected chi connectivity index (χ2v) is 7.89.